The second-order valence-electron chi connectivity index (χ2n) is 6.67. The smallest absolute Gasteiger partial charge is 0.239 e. The van der Waals surface area contributed by atoms with Crippen molar-refractivity contribution >= 4 is 33.1 Å². The molecular formula is C23H19BrN2O5. The van der Waals surface area contributed by atoms with Crippen molar-refractivity contribution < 1.29 is 23.4 Å². The van der Waals surface area contributed by atoms with E-state index < -0.39 is 5.60 Å². The van der Waals surface area contributed by atoms with Crippen LogP contribution in [0.25, 0.3) is 22.2 Å². The van der Waals surface area contributed by atoms with Gasteiger partial charge < -0.3 is 18.6 Å². The quantitative estimate of drug-likeness (QED) is 0.351. The van der Waals surface area contributed by atoms with E-state index >= 15 is 0 Å². The Labute approximate surface area is 187 Å². The normalized spacial score (nSPS) is 13.0. The van der Waals surface area contributed by atoms with Crippen LogP contribution < -0.4 is 9.47 Å². The molecule has 2 aromatic heterocycles. The molecule has 0 radical (unpaired) electrons. The zero-order chi connectivity index (χ0) is 22.0. The molecule has 31 heavy (non-hydrogen) atoms. The van der Waals surface area contributed by atoms with Crippen molar-refractivity contribution in [3.8, 4) is 22.8 Å². The van der Waals surface area contributed by atoms with Crippen LogP contribution >= 0.6 is 15.9 Å². The summed E-state index contributed by atoms with van der Waals surface area (Å²) in [5.41, 5.74) is 0.986. The Morgan fingerprint density at radius 2 is 1.81 bits per heavy atom. The molecule has 4 rings (SSSR count). The largest absolute Gasteiger partial charge is 0.495 e. The second-order valence-corrected chi connectivity index (χ2v) is 7.46. The molecule has 0 amide bonds. The van der Waals surface area contributed by atoms with E-state index in [1.807, 2.05) is 18.2 Å². The number of hydrogen-bond acceptors (Lipinski definition) is 7. The number of aromatic nitrogens is 2. The monoisotopic (exact) mass is 482 g/mol. The zero-order valence-corrected chi connectivity index (χ0v) is 18.7. The number of benzene rings is 2. The summed E-state index contributed by atoms with van der Waals surface area (Å²) in [4.78, 5) is 21.4. The topological polar surface area (TPSA) is 83.7 Å². The van der Waals surface area contributed by atoms with Gasteiger partial charge in [-0.25, -0.2) is 4.98 Å². The first-order valence-electron chi connectivity index (χ1n) is 9.31. The number of fused-ring (bicyclic) bond motifs is 1. The SMILES string of the molecule is COc1cc(-c2coc(C(C=O)(OC)c3cccc4ncccc34)n2)cc(OC)c1Br. The summed E-state index contributed by atoms with van der Waals surface area (Å²) in [6.45, 7) is 0. The lowest BCUT2D eigenvalue weighted by Gasteiger charge is -2.24. The van der Waals surface area contributed by atoms with Crippen LogP contribution in [0.2, 0.25) is 0 Å². The molecule has 7 nitrogen and oxygen atoms in total. The highest BCUT2D eigenvalue weighted by atomic mass is 79.9. The predicted octanol–water partition coefficient (Wildman–Crippen LogP) is 4.76. The number of hydrogen-bond donors (Lipinski definition) is 0. The van der Waals surface area contributed by atoms with Crippen LogP contribution in [0.3, 0.4) is 0 Å². The molecule has 8 heteroatoms. The lowest BCUT2D eigenvalue weighted by atomic mass is 9.91. The van der Waals surface area contributed by atoms with Crippen molar-refractivity contribution in [1.29, 1.82) is 0 Å². The van der Waals surface area contributed by atoms with Gasteiger partial charge in [0.1, 0.15) is 27.9 Å². The first kappa shape index (κ1) is 21.0. The van der Waals surface area contributed by atoms with Crippen molar-refractivity contribution in [3.63, 3.8) is 0 Å². The molecule has 2 heterocycles. The van der Waals surface area contributed by atoms with E-state index in [-0.39, 0.29) is 5.89 Å². The molecule has 0 fully saturated rings. The minimum atomic E-state index is -1.54. The highest BCUT2D eigenvalue weighted by molar-refractivity contribution is 9.10. The molecule has 0 saturated heterocycles. The van der Waals surface area contributed by atoms with Crippen LogP contribution in [0, 0.1) is 0 Å². The van der Waals surface area contributed by atoms with Gasteiger partial charge in [-0.15, -0.1) is 0 Å². The number of rotatable bonds is 7. The van der Waals surface area contributed by atoms with Gasteiger partial charge >= 0.3 is 0 Å². The summed E-state index contributed by atoms with van der Waals surface area (Å²) in [6, 6.07) is 12.8. The summed E-state index contributed by atoms with van der Waals surface area (Å²) in [5, 5.41) is 0.769. The molecule has 0 N–H and O–H groups in total. The molecule has 0 aliphatic rings. The maximum Gasteiger partial charge on any atom is 0.239 e. The van der Waals surface area contributed by atoms with E-state index in [0.29, 0.717) is 39.1 Å². The first-order chi connectivity index (χ1) is 15.1. The van der Waals surface area contributed by atoms with Crippen LogP contribution in [0.1, 0.15) is 11.5 Å². The fourth-order valence-electron chi connectivity index (χ4n) is 3.50. The van der Waals surface area contributed by atoms with Gasteiger partial charge in [-0.05, 0) is 40.2 Å². The summed E-state index contributed by atoms with van der Waals surface area (Å²) >= 11 is 3.46. The molecule has 1 atom stereocenters. The predicted molar refractivity (Wildman–Crippen MR) is 118 cm³/mol. The van der Waals surface area contributed by atoms with Crippen LogP contribution in [-0.4, -0.2) is 37.6 Å². The number of methoxy groups -OCH3 is 3. The molecule has 0 spiro atoms. The van der Waals surface area contributed by atoms with Gasteiger partial charge in [0.15, 0.2) is 6.29 Å². The van der Waals surface area contributed by atoms with Crippen molar-refractivity contribution in [1.82, 2.24) is 9.97 Å². The Morgan fingerprint density at radius 1 is 1.06 bits per heavy atom. The van der Waals surface area contributed by atoms with E-state index in [0.717, 1.165) is 10.9 Å². The number of oxazole rings is 1. The maximum atomic E-state index is 12.4. The van der Waals surface area contributed by atoms with Crippen LogP contribution in [-0.2, 0) is 15.1 Å². The fraction of sp³-hybridized carbons (Fsp3) is 0.174. The zero-order valence-electron chi connectivity index (χ0n) is 17.1. The number of ether oxygens (including phenoxy) is 3. The van der Waals surface area contributed by atoms with Gasteiger partial charge in [0.2, 0.25) is 11.5 Å². The summed E-state index contributed by atoms with van der Waals surface area (Å²) in [6.07, 6.45) is 3.85. The number of nitrogens with zero attached hydrogens (tertiary/aromatic N) is 2. The van der Waals surface area contributed by atoms with E-state index in [9.17, 15) is 4.79 Å². The molecule has 1 unspecified atom stereocenters. The second kappa shape index (κ2) is 8.49. The van der Waals surface area contributed by atoms with Crippen LogP contribution in [0.5, 0.6) is 11.5 Å². The highest BCUT2D eigenvalue weighted by Gasteiger charge is 2.41. The lowest BCUT2D eigenvalue weighted by molar-refractivity contribution is -0.126. The highest BCUT2D eigenvalue weighted by Crippen LogP contribution is 2.40. The van der Waals surface area contributed by atoms with Crippen molar-refractivity contribution in [3.05, 3.63) is 70.9 Å². The third kappa shape index (κ3) is 3.47. The van der Waals surface area contributed by atoms with Gasteiger partial charge in [0.05, 0.1) is 19.7 Å². The van der Waals surface area contributed by atoms with Crippen LogP contribution in [0.4, 0.5) is 0 Å². The molecule has 0 saturated carbocycles. The Morgan fingerprint density at radius 3 is 2.45 bits per heavy atom. The maximum absolute atomic E-state index is 12.4. The Balaban J connectivity index is 1.87. The molecule has 0 bridgehead atoms. The van der Waals surface area contributed by atoms with E-state index in [1.165, 1.54) is 13.4 Å². The van der Waals surface area contributed by atoms with E-state index in [4.69, 9.17) is 18.6 Å². The van der Waals surface area contributed by atoms with Gasteiger partial charge in [-0.2, -0.15) is 0 Å². The first-order valence-corrected chi connectivity index (χ1v) is 10.1. The molecule has 2 aromatic carbocycles. The minimum absolute atomic E-state index is 0.109. The van der Waals surface area contributed by atoms with Gasteiger partial charge in [0, 0.05) is 29.8 Å². The number of aldehydes is 1. The number of carbonyl (C=O) groups is 1. The standard InChI is InChI=1S/C23H19BrN2O5/c1-28-19-10-14(11-20(29-2)21(19)24)18-12-31-22(26-18)23(13-27,30-3)16-7-4-8-17-15(16)6-5-9-25-17/h4-13H,1-3H3. The van der Waals surface area contributed by atoms with E-state index in [1.54, 1.807) is 44.7 Å². The molecule has 4 aromatic rings. The van der Waals surface area contributed by atoms with Crippen molar-refractivity contribution in [2.75, 3.05) is 21.3 Å². The van der Waals surface area contributed by atoms with Crippen LogP contribution in [0.15, 0.2) is 63.8 Å². The average molecular weight is 483 g/mol. The van der Waals surface area contributed by atoms with Crippen molar-refractivity contribution in [2.45, 2.75) is 5.60 Å². The molecular weight excluding hydrogens is 464 g/mol. The number of pyridine rings is 1. The molecule has 0 aliphatic carbocycles. The summed E-state index contributed by atoms with van der Waals surface area (Å²) in [5.74, 6) is 1.26. The Bertz CT molecular complexity index is 1230. The average Bonchev–Trinajstić information content (AvgIpc) is 3.31. The van der Waals surface area contributed by atoms with E-state index in [2.05, 4.69) is 25.9 Å². The molecule has 0 aliphatic heterocycles. The third-order valence-electron chi connectivity index (χ3n) is 5.10. The molecule has 158 valence electrons. The summed E-state index contributed by atoms with van der Waals surface area (Å²) in [7, 11) is 4.57. The fourth-order valence-corrected chi connectivity index (χ4v) is 4.05. The minimum Gasteiger partial charge on any atom is -0.495 e. The lowest BCUT2D eigenvalue weighted by Crippen LogP contribution is -2.32. The Hall–Kier alpha value is -3.23. The number of halogens is 1. The summed E-state index contributed by atoms with van der Waals surface area (Å²) < 4.78 is 23.0. The Kier molecular flexibility index (Phi) is 5.75. The van der Waals surface area contributed by atoms with Crippen molar-refractivity contribution in [2.24, 2.45) is 0 Å². The van der Waals surface area contributed by atoms with Gasteiger partial charge in [0.25, 0.3) is 0 Å². The third-order valence-corrected chi connectivity index (χ3v) is 5.88. The number of carbonyl (C=O) groups excluding carboxylic acids is 1. The van der Waals surface area contributed by atoms with Gasteiger partial charge in [-0.3, -0.25) is 9.78 Å². The van der Waals surface area contributed by atoms with Gasteiger partial charge in [-0.1, -0.05) is 18.2 Å².